The van der Waals surface area contributed by atoms with E-state index in [0.717, 1.165) is 23.4 Å². The summed E-state index contributed by atoms with van der Waals surface area (Å²) in [6.07, 6.45) is 0.305. The van der Waals surface area contributed by atoms with Crippen molar-refractivity contribution in [2.45, 2.75) is 26.8 Å². The fourth-order valence-corrected chi connectivity index (χ4v) is 2.91. The highest BCUT2D eigenvalue weighted by atomic mass is 19.1. The molecule has 2 rings (SSSR count). The Morgan fingerprint density at radius 2 is 1.84 bits per heavy atom. The number of carbonyl (C=O) groups is 1. The third-order valence-electron chi connectivity index (χ3n) is 4.05. The van der Waals surface area contributed by atoms with Crippen LogP contribution in [0.1, 0.15) is 23.1 Å². The number of anilines is 1. The first kappa shape index (κ1) is 18.9. The first-order valence-electron chi connectivity index (χ1n) is 8.27. The fraction of sp³-hybridized carbons (Fsp3) is 0.350. The Morgan fingerprint density at radius 1 is 1.20 bits per heavy atom. The van der Waals surface area contributed by atoms with Crippen LogP contribution in [0.3, 0.4) is 0 Å². The second-order valence-corrected chi connectivity index (χ2v) is 6.28. The van der Waals surface area contributed by atoms with Crippen molar-refractivity contribution in [2.75, 3.05) is 26.0 Å². The molecule has 0 spiro atoms. The zero-order chi connectivity index (χ0) is 18.4. The monoisotopic (exact) mass is 344 g/mol. The van der Waals surface area contributed by atoms with Crippen molar-refractivity contribution in [3.8, 4) is 5.75 Å². The fourth-order valence-electron chi connectivity index (χ4n) is 2.91. The minimum atomic E-state index is -0.423. The number of amides is 1. The summed E-state index contributed by atoms with van der Waals surface area (Å²) in [6, 6.07) is 10.4. The average Bonchev–Trinajstić information content (AvgIpc) is 2.55. The van der Waals surface area contributed by atoms with Gasteiger partial charge in [0.05, 0.1) is 12.8 Å². The van der Waals surface area contributed by atoms with Crippen molar-refractivity contribution in [3.05, 3.63) is 58.9 Å². The Balaban J connectivity index is 1.87. The van der Waals surface area contributed by atoms with Gasteiger partial charge in [-0.1, -0.05) is 24.3 Å². The maximum absolute atomic E-state index is 13.5. The van der Waals surface area contributed by atoms with E-state index in [1.807, 2.05) is 20.9 Å². The minimum Gasteiger partial charge on any atom is -0.496 e. The van der Waals surface area contributed by atoms with Gasteiger partial charge in [-0.25, -0.2) is 4.39 Å². The molecule has 0 atom stereocenters. The zero-order valence-corrected chi connectivity index (χ0v) is 15.2. The molecule has 1 amide bonds. The first-order valence-corrected chi connectivity index (χ1v) is 8.27. The van der Waals surface area contributed by atoms with Crippen molar-refractivity contribution >= 4 is 11.6 Å². The van der Waals surface area contributed by atoms with Gasteiger partial charge < -0.3 is 15.0 Å². The molecule has 0 heterocycles. The van der Waals surface area contributed by atoms with E-state index >= 15 is 0 Å². The summed E-state index contributed by atoms with van der Waals surface area (Å²) in [6.45, 7) is 5.37. The summed E-state index contributed by atoms with van der Waals surface area (Å²) >= 11 is 0. The number of halogens is 1. The van der Waals surface area contributed by atoms with Crippen LogP contribution in [0.15, 0.2) is 36.4 Å². The van der Waals surface area contributed by atoms with E-state index in [9.17, 15) is 9.18 Å². The molecule has 0 saturated heterocycles. The number of ether oxygens (including phenoxy) is 1. The molecule has 1 N–H and O–H groups in total. The quantitative estimate of drug-likeness (QED) is 0.828. The van der Waals surface area contributed by atoms with Crippen LogP contribution in [0.2, 0.25) is 0 Å². The van der Waals surface area contributed by atoms with Crippen LogP contribution < -0.4 is 10.1 Å². The van der Waals surface area contributed by atoms with Gasteiger partial charge in [-0.2, -0.15) is 0 Å². The molecule has 0 aromatic heterocycles. The van der Waals surface area contributed by atoms with Gasteiger partial charge in [-0.3, -0.25) is 4.79 Å². The van der Waals surface area contributed by atoms with Crippen LogP contribution in [0, 0.1) is 19.7 Å². The Kier molecular flexibility index (Phi) is 6.53. The summed E-state index contributed by atoms with van der Waals surface area (Å²) in [5.41, 5.74) is 3.59. The summed E-state index contributed by atoms with van der Waals surface area (Å²) in [5, 5.41) is 2.61. The van der Waals surface area contributed by atoms with E-state index in [4.69, 9.17) is 4.74 Å². The maximum atomic E-state index is 13.5. The molecule has 2 aromatic rings. The van der Waals surface area contributed by atoms with E-state index in [2.05, 4.69) is 22.3 Å². The minimum absolute atomic E-state index is 0.195. The number of hydrogen-bond acceptors (Lipinski definition) is 3. The molecule has 0 bridgehead atoms. The van der Waals surface area contributed by atoms with Gasteiger partial charge in [-0.05, 0) is 49.7 Å². The second kappa shape index (κ2) is 8.62. The van der Waals surface area contributed by atoms with Gasteiger partial charge in [0.15, 0.2) is 0 Å². The molecule has 0 aliphatic carbocycles. The van der Waals surface area contributed by atoms with E-state index < -0.39 is 5.82 Å². The molecule has 25 heavy (non-hydrogen) atoms. The smallest absolute Gasteiger partial charge is 0.225 e. The van der Waals surface area contributed by atoms with Gasteiger partial charge in [0.25, 0.3) is 0 Å². The first-order chi connectivity index (χ1) is 11.9. The molecule has 2 aromatic carbocycles. The number of nitrogens with one attached hydrogen (secondary N) is 1. The van der Waals surface area contributed by atoms with Gasteiger partial charge in [0.1, 0.15) is 11.6 Å². The van der Waals surface area contributed by atoms with Gasteiger partial charge in [0.2, 0.25) is 5.91 Å². The number of hydrogen-bond donors (Lipinski definition) is 1. The Morgan fingerprint density at radius 3 is 2.44 bits per heavy atom. The van der Waals surface area contributed by atoms with Crippen LogP contribution in [0.4, 0.5) is 10.1 Å². The number of benzene rings is 2. The highest BCUT2D eigenvalue weighted by Gasteiger charge is 2.10. The number of rotatable bonds is 7. The summed E-state index contributed by atoms with van der Waals surface area (Å²) in [5.74, 6) is 0.295. The largest absolute Gasteiger partial charge is 0.496 e. The van der Waals surface area contributed by atoms with Crippen molar-refractivity contribution in [1.29, 1.82) is 0 Å². The SMILES string of the molecule is COc1c(C)cc(CN(C)CCC(=O)Nc2ccccc2F)cc1C. The summed E-state index contributed by atoms with van der Waals surface area (Å²) in [4.78, 5) is 14.1. The van der Waals surface area contributed by atoms with Crippen molar-refractivity contribution < 1.29 is 13.9 Å². The molecular weight excluding hydrogens is 319 g/mol. The van der Waals surface area contributed by atoms with E-state index in [1.165, 1.54) is 11.6 Å². The molecule has 134 valence electrons. The number of methoxy groups -OCH3 is 1. The lowest BCUT2D eigenvalue weighted by atomic mass is 10.1. The molecule has 0 aliphatic heterocycles. The number of aryl methyl sites for hydroxylation is 2. The van der Waals surface area contributed by atoms with Crippen molar-refractivity contribution in [2.24, 2.45) is 0 Å². The van der Waals surface area contributed by atoms with E-state index in [0.29, 0.717) is 13.0 Å². The van der Waals surface area contributed by atoms with Crippen LogP contribution in [-0.2, 0) is 11.3 Å². The third kappa shape index (κ3) is 5.29. The van der Waals surface area contributed by atoms with Crippen LogP contribution >= 0.6 is 0 Å². The summed E-state index contributed by atoms with van der Waals surface area (Å²) < 4.78 is 18.9. The molecule has 0 saturated carbocycles. The van der Waals surface area contributed by atoms with Crippen LogP contribution in [-0.4, -0.2) is 31.5 Å². The molecular formula is C20H25FN2O2. The topological polar surface area (TPSA) is 41.6 Å². The maximum Gasteiger partial charge on any atom is 0.225 e. The van der Waals surface area contributed by atoms with Crippen molar-refractivity contribution in [3.63, 3.8) is 0 Å². The second-order valence-electron chi connectivity index (χ2n) is 6.28. The summed E-state index contributed by atoms with van der Waals surface area (Å²) in [7, 11) is 3.64. The lowest BCUT2D eigenvalue weighted by Gasteiger charge is -2.18. The highest BCUT2D eigenvalue weighted by Crippen LogP contribution is 2.24. The van der Waals surface area contributed by atoms with E-state index in [-0.39, 0.29) is 11.6 Å². The van der Waals surface area contributed by atoms with Crippen LogP contribution in [0.25, 0.3) is 0 Å². The molecule has 4 nitrogen and oxygen atoms in total. The molecule has 0 fully saturated rings. The lowest BCUT2D eigenvalue weighted by Crippen LogP contribution is -2.24. The van der Waals surface area contributed by atoms with Gasteiger partial charge >= 0.3 is 0 Å². The number of para-hydroxylation sites is 1. The predicted molar refractivity (Wildman–Crippen MR) is 98.4 cm³/mol. The Hall–Kier alpha value is -2.40. The van der Waals surface area contributed by atoms with Gasteiger partial charge in [-0.15, -0.1) is 0 Å². The van der Waals surface area contributed by atoms with E-state index in [1.54, 1.807) is 25.3 Å². The zero-order valence-electron chi connectivity index (χ0n) is 15.2. The highest BCUT2D eigenvalue weighted by molar-refractivity contribution is 5.90. The molecule has 0 aliphatic rings. The predicted octanol–water partition coefficient (Wildman–Crippen LogP) is 3.91. The third-order valence-corrected chi connectivity index (χ3v) is 4.05. The standard InChI is InChI=1S/C20H25FN2O2/c1-14-11-16(12-15(2)20(14)25-4)13-23(3)10-9-19(24)22-18-8-6-5-7-17(18)21/h5-8,11-12H,9-10,13H2,1-4H3,(H,22,24). The molecule has 0 radical (unpaired) electrons. The number of carbonyl (C=O) groups excluding carboxylic acids is 1. The van der Waals surface area contributed by atoms with Crippen LogP contribution in [0.5, 0.6) is 5.75 Å². The Labute approximate surface area is 148 Å². The average molecular weight is 344 g/mol. The molecule has 5 heteroatoms. The normalized spacial score (nSPS) is 10.8. The van der Waals surface area contributed by atoms with Gasteiger partial charge in [0, 0.05) is 19.5 Å². The lowest BCUT2D eigenvalue weighted by molar-refractivity contribution is -0.116. The number of nitrogens with zero attached hydrogens (tertiary/aromatic N) is 1. The molecule has 0 unspecified atom stereocenters. The van der Waals surface area contributed by atoms with Crippen molar-refractivity contribution in [1.82, 2.24) is 4.90 Å². The Bertz CT molecular complexity index is 723.